The molecule has 0 aromatic heterocycles. The van der Waals surface area contributed by atoms with Gasteiger partial charge in [0.2, 0.25) is 0 Å². The molecule has 132 valence electrons. The standard InChI is InChI=1S/C17H16F3N3O2/c18-17(19,20)25-13-8-4-7-12(10-13)14(15(24)23-16(21)22)9-11-5-2-1-3-6-11/h1-8,10,14H,9H2,(H4,21,22,23,24)/t14-/m1/s1. The number of carbonyl (C=O) groups excluding carboxylic acids is 1. The van der Waals surface area contributed by atoms with Gasteiger partial charge in [0.25, 0.3) is 5.91 Å². The summed E-state index contributed by atoms with van der Waals surface area (Å²) in [7, 11) is 0. The number of aliphatic imine (C=N–C) groups is 1. The number of ether oxygens (including phenoxy) is 1. The average Bonchev–Trinajstić information content (AvgIpc) is 2.51. The van der Waals surface area contributed by atoms with Crippen LogP contribution in [0.4, 0.5) is 13.2 Å². The van der Waals surface area contributed by atoms with E-state index in [1.54, 1.807) is 24.3 Å². The molecule has 0 aliphatic heterocycles. The highest BCUT2D eigenvalue weighted by molar-refractivity contribution is 5.95. The number of nitrogens with zero attached hydrogens (tertiary/aromatic N) is 1. The summed E-state index contributed by atoms with van der Waals surface area (Å²) in [6.45, 7) is 0. The molecule has 0 bridgehead atoms. The van der Waals surface area contributed by atoms with Crippen LogP contribution < -0.4 is 16.2 Å². The molecule has 0 spiro atoms. The Morgan fingerprint density at radius 3 is 2.36 bits per heavy atom. The molecule has 1 atom stereocenters. The summed E-state index contributed by atoms with van der Waals surface area (Å²) in [5, 5.41) is 0. The summed E-state index contributed by atoms with van der Waals surface area (Å²) < 4.78 is 41.1. The molecule has 2 aromatic carbocycles. The molecule has 2 aromatic rings. The smallest absolute Gasteiger partial charge is 0.406 e. The van der Waals surface area contributed by atoms with Crippen molar-refractivity contribution in [1.29, 1.82) is 0 Å². The van der Waals surface area contributed by atoms with E-state index in [1.165, 1.54) is 12.1 Å². The minimum Gasteiger partial charge on any atom is -0.406 e. The van der Waals surface area contributed by atoms with Crippen molar-refractivity contribution in [2.24, 2.45) is 16.5 Å². The Labute approximate surface area is 142 Å². The molecule has 0 radical (unpaired) electrons. The molecule has 5 nitrogen and oxygen atoms in total. The largest absolute Gasteiger partial charge is 0.573 e. The molecular formula is C17H16F3N3O2. The Morgan fingerprint density at radius 2 is 1.76 bits per heavy atom. The summed E-state index contributed by atoms with van der Waals surface area (Å²) in [4.78, 5) is 15.9. The first kappa shape index (κ1) is 18.3. The zero-order valence-corrected chi connectivity index (χ0v) is 13.0. The van der Waals surface area contributed by atoms with E-state index in [2.05, 4.69) is 9.73 Å². The molecule has 0 aliphatic rings. The first-order valence-electron chi connectivity index (χ1n) is 7.28. The molecular weight excluding hydrogens is 335 g/mol. The molecule has 1 amide bonds. The van der Waals surface area contributed by atoms with Crippen LogP contribution in [0.25, 0.3) is 0 Å². The van der Waals surface area contributed by atoms with Crippen molar-refractivity contribution in [3.63, 3.8) is 0 Å². The lowest BCUT2D eigenvalue weighted by Gasteiger charge is -2.16. The summed E-state index contributed by atoms with van der Waals surface area (Å²) in [6.07, 6.45) is -4.59. The van der Waals surface area contributed by atoms with Crippen molar-refractivity contribution in [2.45, 2.75) is 18.7 Å². The molecule has 0 aliphatic carbocycles. The fourth-order valence-electron chi connectivity index (χ4n) is 2.33. The van der Waals surface area contributed by atoms with Crippen LogP contribution in [0.1, 0.15) is 17.0 Å². The summed E-state index contributed by atoms with van der Waals surface area (Å²) in [5.41, 5.74) is 11.6. The number of alkyl halides is 3. The van der Waals surface area contributed by atoms with Crippen LogP contribution in [0, 0.1) is 0 Å². The maximum atomic E-state index is 12.4. The van der Waals surface area contributed by atoms with Gasteiger partial charge in [-0.1, -0.05) is 42.5 Å². The van der Waals surface area contributed by atoms with Crippen LogP contribution in [-0.4, -0.2) is 18.2 Å². The van der Waals surface area contributed by atoms with E-state index >= 15 is 0 Å². The summed E-state index contributed by atoms with van der Waals surface area (Å²) >= 11 is 0. The van der Waals surface area contributed by atoms with Crippen LogP contribution in [-0.2, 0) is 11.2 Å². The van der Waals surface area contributed by atoms with Gasteiger partial charge in [-0.2, -0.15) is 4.99 Å². The minimum atomic E-state index is -4.82. The molecule has 0 saturated carbocycles. The van der Waals surface area contributed by atoms with Crippen molar-refractivity contribution in [2.75, 3.05) is 0 Å². The topological polar surface area (TPSA) is 90.7 Å². The number of benzene rings is 2. The SMILES string of the molecule is NC(N)=NC(=O)[C@H](Cc1ccccc1)c1cccc(OC(F)(F)F)c1. The van der Waals surface area contributed by atoms with Gasteiger partial charge in [0.15, 0.2) is 5.96 Å². The van der Waals surface area contributed by atoms with Crippen molar-refractivity contribution in [3.05, 3.63) is 65.7 Å². The van der Waals surface area contributed by atoms with Crippen LogP contribution in [0.15, 0.2) is 59.6 Å². The number of halogens is 3. The van der Waals surface area contributed by atoms with Gasteiger partial charge in [0.1, 0.15) is 5.75 Å². The maximum Gasteiger partial charge on any atom is 0.573 e. The number of nitrogens with two attached hydrogens (primary N) is 2. The fourth-order valence-corrected chi connectivity index (χ4v) is 2.33. The van der Waals surface area contributed by atoms with Crippen molar-refractivity contribution < 1.29 is 22.7 Å². The zero-order valence-electron chi connectivity index (χ0n) is 13.0. The normalized spacial score (nSPS) is 12.3. The molecule has 0 fully saturated rings. The molecule has 4 N–H and O–H groups in total. The lowest BCUT2D eigenvalue weighted by molar-refractivity contribution is -0.274. The second-order valence-corrected chi connectivity index (χ2v) is 5.24. The van der Waals surface area contributed by atoms with Crippen LogP contribution >= 0.6 is 0 Å². The molecule has 8 heteroatoms. The Morgan fingerprint density at radius 1 is 1.08 bits per heavy atom. The van der Waals surface area contributed by atoms with E-state index in [0.29, 0.717) is 5.56 Å². The fraction of sp³-hybridized carbons (Fsp3) is 0.176. The average molecular weight is 351 g/mol. The number of rotatable bonds is 5. The molecule has 0 unspecified atom stereocenters. The predicted molar refractivity (Wildman–Crippen MR) is 86.8 cm³/mol. The van der Waals surface area contributed by atoms with Gasteiger partial charge in [0, 0.05) is 0 Å². The lowest BCUT2D eigenvalue weighted by Crippen LogP contribution is -2.26. The first-order valence-corrected chi connectivity index (χ1v) is 7.28. The van der Waals surface area contributed by atoms with E-state index in [-0.39, 0.29) is 6.42 Å². The molecule has 25 heavy (non-hydrogen) atoms. The van der Waals surface area contributed by atoms with Crippen LogP contribution in [0.3, 0.4) is 0 Å². The van der Waals surface area contributed by atoms with Gasteiger partial charge >= 0.3 is 6.36 Å². The van der Waals surface area contributed by atoms with Crippen molar-refractivity contribution in [1.82, 2.24) is 0 Å². The third kappa shape index (κ3) is 5.83. The number of hydrogen-bond donors (Lipinski definition) is 2. The van der Waals surface area contributed by atoms with Crippen molar-refractivity contribution >= 4 is 11.9 Å². The second kappa shape index (κ2) is 7.69. The molecule has 0 heterocycles. The van der Waals surface area contributed by atoms with E-state index in [1.807, 2.05) is 6.07 Å². The van der Waals surface area contributed by atoms with E-state index < -0.39 is 29.9 Å². The highest BCUT2D eigenvalue weighted by Crippen LogP contribution is 2.29. The molecule has 2 rings (SSSR count). The van der Waals surface area contributed by atoms with E-state index in [4.69, 9.17) is 11.5 Å². The Balaban J connectivity index is 2.36. The minimum absolute atomic E-state index is 0.228. The number of guanidine groups is 1. The second-order valence-electron chi connectivity index (χ2n) is 5.24. The summed E-state index contributed by atoms with van der Waals surface area (Å²) in [6, 6.07) is 14.2. The number of hydrogen-bond acceptors (Lipinski definition) is 2. The monoisotopic (exact) mass is 351 g/mol. The zero-order chi connectivity index (χ0) is 18.4. The van der Waals surface area contributed by atoms with Gasteiger partial charge < -0.3 is 16.2 Å². The predicted octanol–water partition coefficient (Wildman–Crippen LogP) is 2.71. The van der Waals surface area contributed by atoms with Crippen LogP contribution in [0.2, 0.25) is 0 Å². The number of amides is 1. The van der Waals surface area contributed by atoms with Gasteiger partial charge in [-0.25, -0.2) is 0 Å². The Kier molecular flexibility index (Phi) is 5.63. The highest BCUT2D eigenvalue weighted by Gasteiger charge is 2.31. The highest BCUT2D eigenvalue weighted by atomic mass is 19.4. The lowest BCUT2D eigenvalue weighted by atomic mass is 9.91. The van der Waals surface area contributed by atoms with Crippen LogP contribution in [0.5, 0.6) is 5.75 Å². The van der Waals surface area contributed by atoms with E-state index in [0.717, 1.165) is 17.7 Å². The van der Waals surface area contributed by atoms with Gasteiger partial charge in [-0.05, 0) is 29.7 Å². The quantitative estimate of drug-likeness (QED) is 0.640. The summed E-state index contributed by atoms with van der Waals surface area (Å²) in [5.74, 6) is -2.32. The third-order valence-corrected chi connectivity index (χ3v) is 3.31. The van der Waals surface area contributed by atoms with Gasteiger partial charge in [-0.3, -0.25) is 4.79 Å². The Hall–Kier alpha value is -3.03. The van der Waals surface area contributed by atoms with E-state index in [9.17, 15) is 18.0 Å². The maximum absolute atomic E-state index is 12.4. The third-order valence-electron chi connectivity index (χ3n) is 3.31. The van der Waals surface area contributed by atoms with Crippen molar-refractivity contribution in [3.8, 4) is 5.75 Å². The Bertz CT molecular complexity index is 757. The van der Waals surface area contributed by atoms with Gasteiger partial charge in [0.05, 0.1) is 5.92 Å². The van der Waals surface area contributed by atoms with Gasteiger partial charge in [-0.15, -0.1) is 13.2 Å². The number of carbonyl (C=O) groups is 1. The molecule has 0 saturated heterocycles. The first-order chi connectivity index (χ1) is 11.7.